The first kappa shape index (κ1) is 13.3. The lowest BCUT2D eigenvalue weighted by Gasteiger charge is -2.38. The topological polar surface area (TPSA) is 18.5 Å². The molecular formula is C16H21ClO2. The summed E-state index contributed by atoms with van der Waals surface area (Å²) in [6.45, 7) is 0.833. The molecule has 2 aliphatic rings. The summed E-state index contributed by atoms with van der Waals surface area (Å²) in [6, 6.07) is 8.11. The van der Waals surface area contributed by atoms with Crippen LogP contribution in [0.4, 0.5) is 0 Å². The van der Waals surface area contributed by atoms with E-state index in [0.29, 0.717) is 5.88 Å². The predicted octanol–water partition coefficient (Wildman–Crippen LogP) is 4.30. The normalized spacial score (nSPS) is 25.6. The van der Waals surface area contributed by atoms with Crippen molar-refractivity contribution in [3.63, 3.8) is 0 Å². The Morgan fingerprint density at radius 3 is 2.95 bits per heavy atom. The van der Waals surface area contributed by atoms with Crippen molar-refractivity contribution in [1.29, 1.82) is 0 Å². The average molecular weight is 281 g/mol. The van der Waals surface area contributed by atoms with Crippen LogP contribution in [-0.2, 0) is 10.6 Å². The van der Waals surface area contributed by atoms with E-state index in [1.54, 1.807) is 0 Å². The molecule has 1 aromatic rings. The smallest absolute Gasteiger partial charge is 0.120 e. The first-order chi connectivity index (χ1) is 9.30. The van der Waals surface area contributed by atoms with E-state index in [2.05, 4.69) is 0 Å². The van der Waals surface area contributed by atoms with E-state index in [-0.39, 0.29) is 11.7 Å². The number of alkyl halides is 1. The molecule has 0 radical (unpaired) electrons. The first-order valence-electron chi connectivity index (χ1n) is 7.25. The summed E-state index contributed by atoms with van der Waals surface area (Å²) < 4.78 is 12.2. The van der Waals surface area contributed by atoms with Crippen molar-refractivity contribution in [3.05, 3.63) is 29.8 Å². The Balaban J connectivity index is 1.65. The minimum Gasteiger partial charge on any atom is -0.490 e. The van der Waals surface area contributed by atoms with Crippen LogP contribution in [0, 0.1) is 0 Å². The predicted molar refractivity (Wildman–Crippen MR) is 76.8 cm³/mol. The van der Waals surface area contributed by atoms with Gasteiger partial charge in [-0.15, -0.1) is 11.6 Å². The van der Waals surface area contributed by atoms with Crippen LogP contribution in [0.15, 0.2) is 24.3 Å². The fraction of sp³-hybridized carbons (Fsp3) is 0.625. The van der Waals surface area contributed by atoms with Crippen LogP contribution < -0.4 is 4.74 Å². The Labute approximate surface area is 120 Å². The zero-order valence-corrected chi connectivity index (χ0v) is 12.0. The van der Waals surface area contributed by atoms with E-state index in [0.717, 1.165) is 30.8 Å². The zero-order chi connectivity index (χ0) is 13.1. The fourth-order valence-electron chi connectivity index (χ4n) is 3.35. The maximum atomic E-state index is 6.15. The van der Waals surface area contributed by atoms with Gasteiger partial charge in [-0.2, -0.15) is 0 Å². The number of halogens is 1. The van der Waals surface area contributed by atoms with Crippen LogP contribution in [0.5, 0.6) is 5.75 Å². The molecular weight excluding hydrogens is 260 g/mol. The summed E-state index contributed by atoms with van der Waals surface area (Å²) >= 11 is 5.86. The van der Waals surface area contributed by atoms with E-state index in [9.17, 15) is 0 Å². The highest BCUT2D eigenvalue weighted by molar-refractivity contribution is 6.17. The molecule has 1 aromatic carbocycles. The molecule has 2 nitrogen and oxygen atoms in total. The molecule has 0 bridgehead atoms. The van der Waals surface area contributed by atoms with Gasteiger partial charge < -0.3 is 9.47 Å². The fourth-order valence-corrected chi connectivity index (χ4v) is 3.51. The number of rotatable bonds is 3. The van der Waals surface area contributed by atoms with Gasteiger partial charge >= 0.3 is 0 Å². The van der Waals surface area contributed by atoms with Crippen LogP contribution in [0.25, 0.3) is 0 Å². The zero-order valence-electron chi connectivity index (χ0n) is 11.2. The van der Waals surface area contributed by atoms with Gasteiger partial charge in [-0.05, 0) is 30.5 Å². The first-order valence-corrected chi connectivity index (χ1v) is 7.79. The van der Waals surface area contributed by atoms with Crippen molar-refractivity contribution in [3.8, 4) is 5.75 Å². The number of hydrogen-bond acceptors (Lipinski definition) is 2. The number of benzene rings is 1. The maximum Gasteiger partial charge on any atom is 0.120 e. The van der Waals surface area contributed by atoms with Gasteiger partial charge in [0.15, 0.2) is 0 Å². The molecule has 104 valence electrons. The van der Waals surface area contributed by atoms with Gasteiger partial charge in [-0.3, -0.25) is 0 Å². The molecule has 1 aliphatic carbocycles. The van der Waals surface area contributed by atoms with Crippen molar-refractivity contribution < 1.29 is 9.47 Å². The SMILES string of the molecule is ClCc1cccc(OC2CCOC3(CCCC3)C2)c1. The second-order valence-corrected chi connectivity index (χ2v) is 6.02. The Kier molecular flexibility index (Phi) is 3.99. The summed E-state index contributed by atoms with van der Waals surface area (Å²) in [5.41, 5.74) is 1.23. The van der Waals surface area contributed by atoms with E-state index in [1.165, 1.54) is 25.7 Å². The van der Waals surface area contributed by atoms with Crippen LogP contribution in [0.1, 0.15) is 44.1 Å². The second-order valence-electron chi connectivity index (χ2n) is 5.75. The number of ether oxygens (including phenoxy) is 2. The third kappa shape index (κ3) is 3.06. The van der Waals surface area contributed by atoms with Crippen molar-refractivity contribution in [2.75, 3.05) is 6.61 Å². The lowest BCUT2D eigenvalue weighted by Crippen LogP contribution is -2.41. The Hall–Kier alpha value is -0.730. The third-order valence-corrected chi connectivity index (χ3v) is 4.63. The standard InChI is InChI=1S/C16H21ClO2/c17-12-13-4-3-5-14(10-13)19-15-6-9-18-16(11-15)7-1-2-8-16/h3-5,10,15H,1-2,6-9,11-12H2. The van der Waals surface area contributed by atoms with Crippen molar-refractivity contribution in [1.82, 2.24) is 0 Å². The molecule has 19 heavy (non-hydrogen) atoms. The maximum absolute atomic E-state index is 6.15. The molecule has 1 spiro atoms. The molecule has 1 heterocycles. The molecule has 1 unspecified atom stereocenters. The van der Waals surface area contributed by atoms with E-state index in [1.807, 2.05) is 24.3 Å². The molecule has 3 rings (SSSR count). The monoisotopic (exact) mass is 280 g/mol. The van der Waals surface area contributed by atoms with Crippen molar-refractivity contribution in [2.45, 2.75) is 56.1 Å². The molecule has 1 saturated carbocycles. The van der Waals surface area contributed by atoms with Crippen LogP contribution >= 0.6 is 11.6 Å². The largest absolute Gasteiger partial charge is 0.490 e. The van der Waals surface area contributed by atoms with Gasteiger partial charge in [0.2, 0.25) is 0 Å². The summed E-state index contributed by atoms with van der Waals surface area (Å²) in [7, 11) is 0. The number of hydrogen-bond donors (Lipinski definition) is 0. The van der Waals surface area contributed by atoms with Gasteiger partial charge in [-0.25, -0.2) is 0 Å². The molecule has 0 amide bonds. The van der Waals surface area contributed by atoms with Gasteiger partial charge in [0, 0.05) is 18.7 Å². The van der Waals surface area contributed by atoms with E-state index in [4.69, 9.17) is 21.1 Å². The van der Waals surface area contributed by atoms with Gasteiger partial charge in [0.1, 0.15) is 11.9 Å². The van der Waals surface area contributed by atoms with E-state index < -0.39 is 0 Å². The summed E-state index contributed by atoms with van der Waals surface area (Å²) in [6.07, 6.45) is 7.33. The van der Waals surface area contributed by atoms with Gasteiger partial charge in [0.25, 0.3) is 0 Å². The molecule has 1 saturated heterocycles. The minimum absolute atomic E-state index is 0.118. The highest BCUT2D eigenvalue weighted by atomic mass is 35.5. The van der Waals surface area contributed by atoms with Gasteiger partial charge in [0.05, 0.1) is 12.2 Å². The molecule has 1 atom stereocenters. The highest BCUT2D eigenvalue weighted by Gasteiger charge is 2.40. The second kappa shape index (κ2) is 5.72. The lowest BCUT2D eigenvalue weighted by molar-refractivity contribution is -0.108. The third-order valence-electron chi connectivity index (χ3n) is 4.32. The molecule has 0 N–H and O–H groups in total. The summed E-state index contributed by atoms with van der Waals surface area (Å²) in [4.78, 5) is 0. The Morgan fingerprint density at radius 1 is 1.32 bits per heavy atom. The van der Waals surface area contributed by atoms with Gasteiger partial charge in [-0.1, -0.05) is 25.0 Å². The minimum atomic E-state index is 0.118. The van der Waals surface area contributed by atoms with E-state index >= 15 is 0 Å². The summed E-state index contributed by atoms with van der Waals surface area (Å²) in [5.74, 6) is 1.48. The highest BCUT2D eigenvalue weighted by Crippen LogP contribution is 2.40. The van der Waals surface area contributed by atoms with Crippen molar-refractivity contribution in [2.24, 2.45) is 0 Å². The Morgan fingerprint density at radius 2 is 2.16 bits per heavy atom. The molecule has 1 aliphatic heterocycles. The van der Waals surface area contributed by atoms with Crippen LogP contribution in [0.3, 0.4) is 0 Å². The molecule has 0 aromatic heterocycles. The average Bonchev–Trinajstić information content (AvgIpc) is 2.87. The molecule has 3 heteroatoms. The molecule has 2 fully saturated rings. The van der Waals surface area contributed by atoms with Crippen LogP contribution in [-0.4, -0.2) is 18.3 Å². The lowest BCUT2D eigenvalue weighted by atomic mass is 9.90. The van der Waals surface area contributed by atoms with Crippen molar-refractivity contribution >= 4 is 11.6 Å². The van der Waals surface area contributed by atoms with Crippen LogP contribution in [0.2, 0.25) is 0 Å². The quantitative estimate of drug-likeness (QED) is 0.769. The Bertz CT molecular complexity index is 427. The summed E-state index contributed by atoms with van der Waals surface area (Å²) in [5, 5.41) is 0.